The van der Waals surface area contributed by atoms with Crippen LogP contribution in [-0.4, -0.2) is 48.4 Å². The number of nitrogens with one attached hydrogen (secondary N) is 3. The van der Waals surface area contributed by atoms with E-state index in [1.54, 1.807) is 0 Å². The van der Waals surface area contributed by atoms with E-state index < -0.39 is 6.03 Å². The Bertz CT molecular complexity index is 658. The second-order valence-electron chi connectivity index (χ2n) is 7.43. The molecule has 2 fully saturated rings. The molecular weight excluding hydrogens is 344 g/mol. The van der Waals surface area contributed by atoms with Crippen molar-refractivity contribution in [3.8, 4) is 0 Å². The lowest BCUT2D eigenvalue weighted by Gasteiger charge is -2.31. The van der Waals surface area contributed by atoms with Crippen LogP contribution in [0, 0.1) is 5.92 Å². The molecule has 7 heteroatoms. The summed E-state index contributed by atoms with van der Waals surface area (Å²) in [5.41, 5.74) is 0.779. The van der Waals surface area contributed by atoms with Crippen molar-refractivity contribution in [1.29, 1.82) is 0 Å². The monoisotopic (exact) mass is 372 g/mol. The number of likely N-dealkylation sites (tertiary alicyclic amines) is 1. The number of hydrogen-bond donors (Lipinski definition) is 3. The first-order valence-corrected chi connectivity index (χ1v) is 9.79. The molecule has 2 aliphatic rings. The SMILES string of the molecule is O=C(CN1CCCC(C(=O)Nc2ccccc2)C1)NC(=O)NC1CCCC1. The zero-order chi connectivity index (χ0) is 19.1. The molecule has 3 rings (SSSR count). The van der Waals surface area contributed by atoms with Crippen LogP contribution in [-0.2, 0) is 9.59 Å². The number of piperidine rings is 1. The average Bonchev–Trinajstić information content (AvgIpc) is 3.15. The van der Waals surface area contributed by atoms with Crippen LogP contribution >= 0.6 is 0 Å². The molecule has 3 N–H and O–H groups in total. The fourth-order valence-electron chi connectivity index (χ4n) is 3.84. The smallest absolute Gasteiger partial charge is 0.321 e. The summed E-state index contributed by atoms with van der Waals surface area (Å²) < 4.78 is 0. The molecule has 0 bridgehead atoms. The number of anilines is 1. The quantitative estimate of drug-likeness (QED) is 0.738. The van der Waals surface area contributed by atoms with Crippen molar-refractivity contribution in [2.75, 3.05) is 25.0 Å². The van der Waals surface area contributed by atoms with Crippen molar-refractivity contribution in [3.63, 3.8) is 0 Å². The molecule has 7 nitrogen and oxygen atoms in total. The first-order chi connectivity index (χ1) is 13.1. The van der Waals surface area contributed by atoms with Gasteiger partial charge in [-0.1, -0.05) is 31.0 Å². The van der Waals surface area contributed by atoms with Crippen molar-refractivity contribution >= 4 is 23.5 Å². The summed E-state index contributed by atoms with van der Waals surface area (Å²) in [5, 5.41) is 8.18. The van der Waals surface area contributed by atoms with Crippen LogP contribution in [0.15, 0.2) is 30.3 Å². The highest BCUT2D eigenvalue weighted by Gasteiger charge is 2.27. The molecule has 1 unspecified atom stereocenters. The van der Waals surface area contributed by atoms with Crippen molar-refractivity contribution < 1.29 is 14.4 Å². The molecule has 1 saturated carbocycles. The Morgan fingerprint density at radius 3 is 2.48 bits per heavy atom. The minimum absolute atomic E-state index is 0.0229. The zero-order valence-corrected chi connectivity index (χ0v) is 15.6. The lowest BCUT2D eigenvalue weighted by molar-refractivity contribution is -0.125. The number of imide groups is 1. The molecule has 0 spiro atoms. The van der Waals surface area contributed by atoms with Gasteiger partial charge in [0.05, 0.1) is 12.5 Å². The van der Waals surface area contributed by atoms with E-state index in [4.69, 9.17) is 0 Å². The summed E-state index contributed by atoms with van der Waals surface area (Å²) in [5.74, 6) is -0.501. The van der Waals surface area contributed by atoms with Crippen LogP contribution in [0.5, 0.6) is 0 Å². The first kappa shape index (κ1) is 19.4. The zero-order valence-electron chi connectivity index (χ0n) is 15.6. The number of urea groups is 1. The second-order valence-corrected chi connectivity index (χ2v) is 7.43. The third kappa shape index (κ3) is 6.06. The maximum atomic E-state index is 12.5. The molecule has 4 amide bonds. The Morgan fingerprint density at radius 2 is 1.74 bits per heavy atom. The summed E-state index contributed by atoms with van der Waals surface area (Å²) >= 11 is 0. The first-order valence-electron chi connectivity index (χ1n) is 9.79. The molecule has 1 aromatic carbocycles. The molecule has 146 valence electrons. The molecule has 0 radical (unpaired) electrons. The van der Waals surface area contributed by atoms with E-state index in [-0.39, 0.29) is 30.3 Å². The number of carbonyl (C=O) groups is 3. The summed E-state index contributed by atoms with van der Waals surface area (Å²) in [6.45, 7) is 1.41. The van der Waals surface area contributed by atoms with Gasteiger partial charge >= 0.3 is 6.03 Å². The second kappa shape index (κ2) is 9.50. The van der Waals surface area contributed by atoms with Crippen molar-refractivity contribution in [3.05, 3.63) is 30.3 Å². The minimum Gasteiger partial charge on any atom is -0.335 e. The number of para-hydroxylation sites is 1. The molecule has 0 aromatic heterocycles. The van der Waals surface area contributed by atoms with Gasteiger partial charge < -0.3 is 10.6 Å². The Labute approximate surface area is 159 Å². The summed E-state index contributed by atoms with van der Waals surface area (Å²) in [7, 11) is 0. The van der Waals surface area contributed by atoms with Gasteiger partial charge in [-0.2, -0.15) is 0 Å². The summed E-state index contributed by atoms with van der Waals surface area (Å²) in [6, 6.07) is 9.14. The Balaban J connectivity index is 1.42. The van der Waals surface area contributed by atoms with Gasteiger partial charge in [0.2, 0.25) is 11.8 Å². The highest BCUT2D eigenvalue weighted by molar-refractivity contribution is 5.95. The van der Waals surface area contributed by atoms with Crippen LogP contribution in [0.25, 0.3) is 0 Å². The lowest BCUT2D eigenvalue weighted by Crippen LogP contribution is -2.49. The molecule has 1 saturated heterocycles. The van der Waals surface area contributed by atoms with Gasteiger partial charge in [0, 0.05) is 18.3 Å². The lowest BCUT2D eigenvalue weighted by atomic mass is 9.97. The predicted molar refractivity (Wildman–Crippen MR) is 103 cm³/mol. The standard InChI is InChI=1S/C20H28N4O3/c25-18(23-20(27)22-17-10-4-5-11-17)14-24-12-6-7-15(13-24)19(26)21-16-8-2-1-3-9-16/h1-3,8-9,15,17H,4-7,10-14H2,(H,21,26)(H2,22,23,25,27). The van der Waals surface area contributed by atoms with Gasteiger partial charge in [-0.15, -0.1) is 0 Å². The third-order valence-electron chi connectivity index (χ3n) is 5.23. The van der Waals surface area contributed by atoms with Gasteiger partial charge in [-0.05, 0) is 44.4 Å². The number of rotatable bonds is 5. The molecule has 1 atom stereocenters. The van der Waals surface area contributed by atoms with Gasteiger partial charge in [0.15, 0.2) is 0 Å². The Kier molecular flexibility index (Phi) is 6.81. The Morgan fingerprint density at radius 1 is 1.00 bits per heavy atom. The number of amides is 4. The van der Waals surface area contributed by atoms with Gasteiger partial charge in [-0.3, -0.25) is 19.8 Å². The molecule has 1 aliphatic heterocycles. The fourth-order valence-corrected chi connectivity index (χ4v) is 3.84. The predicted octanol–water partition coefficient (Wildman–Crippen LogP) is 2.11. The van der Waals surface area contributed by atoms with Crippen LogP contribution in [0.3, 0.4) is 0 Å². The van der Waals surface area contributed by atoms with Crippen LogP contribution in [0.2, 0.25) is 0 Å². The topological polar surface area (TPSA) is 90.5 Å². The number of hydrogen-bond acceptors (Lipinski definition) is 4. The highest BCUT2D eigenvalue weighted by atomic mass is 16.2. The molecule has 27 heavy (non-hydrogen) atoms. The summed E-state index contributed by atoms with van der Waals surface area (Å²) in [4.78, 5) is 38.5. The van der Waals surface area contributed by atoms with E-state index in [2.05, 4.69) is 16.0 Å². The molecule has 1 aliphatic carbocycles. The van der Waals surface area contributed by atoms with Crippen molar-refractivity contribution in [1.82, 2.24) is 15.5 Å². The normalized spacial score (nSPS) is 20.8. The molecular formula is C20H28N4O3. The van der Waals surface area contributed by atoms with Crippen LogP contribution < -0.4 is 16.0 Å². The number of benzene rings is 1. The highest BCUT2D eigenvalue weighted by Crippen LogP contribution is 2.19. The van der Waals surface area contributed by atoms with Crippen LogP contribution in [0.4, 0.5) is 10.5 Å². The largest absolute Gasteiger partial charge is 0.335 e. The van der Waals surface area contributed by atoms with Crippen LogP contribution in [0.1, 0.15) is 38.5 Å². The average molecular weight is 372 g/mol. The Hall–Kier alpha value is -2.41. The van der Waals surface area contributed by atoms with Gasteiger partial charge in [-0.25, -0.2) is 4.79 Å². The summed E-state index contributed by atoms with van der Waals surface area (Å²) in [6.07, 6.45) is 5.86. The number of nitrogens with zero attached hydrogens (tertiary/aromatic N) is 1. The number of carbonyl (C=O) groups excluding carboxylic acids is 3. The third-order valence-corrected chi connectivity index (χ3v) is 5.23. The van der Waals surface area contributed by atoms with Crippen molar-refractivity contribution in [2.45, 2.75) is 44.6 Å². The fraction of sp³-hybridized carbons (Fsp3) is 0.550. The van der Waals surface area contributed by atoms with Crippen molar-refractivity contribution in [2.24, 2.45) is 5.92 Å². The van der Waals surface area contributed by atoms with Gasteiger partial charge in [0.25, 0.3) is 0 Å². The van der Waals surface area contributed by atoms with E-state index in [1.165, 1.54) is 0 Å². The van der Waals surface area contributed by atoms with E-state index in [1.807, 2.05) is 35.2 Å². The molecule has 1 heterocycles. The molecule has 1 aromatic rings. The van der Waals surface area contributed by atoms with E-state index in [0.717, 1.165) is 50.8 Å². The van der Waals surface area contributed by atoms with E-state index >= 15 is 0 Å². The maximum absolute atomic E-state index is 12.5. The van der Waals surface area contributed by atoms with Gasteiger partial charge in [0.1, 0.15) is 0 Å². The van der Waals surface area contributed by atoms with E-state index in [9.17, 15) is 14.4 Å². The maximum Gasteiger partial charge on any atom is 0.321 e. The minimum atomic E-state index is -0.415. The van der Waals surface area contributed by atoms with E-state index in [0.29, 0.717) is 6.54 Å².